The molecule has 1 aromatic rings. The molecule has 0 bridgehead atoms. The Kier molecular flexibility index (Phi) is 3.77. The molecule has 0 unspecified atom stereocenters. The Morgan fingerprint density at radius 1 is 1.27 bits per heavy atom. The second-order valence-electron chi connectivity index (χ2n) is 4.18. The van der Waals surface area contributed by atoms with Crippen molar-refractivity contribution in [1.29, 1.82) is 0 Å². The maximum absolute atomic E-state index is 6.08. The molecular weight excluding hydrogens is 210 g/mol. The van der Waals surface area contributed by atoms with Gasteiger partial charge in [0.1, 0.15) is 0 Å². The maximum Gasteiger partial charge on any atom is 0.0744 e. The van der Waals surface area contributed by atoms with Crippen LogP contribution in [-0.2, 0) is 11.3 Å². The lowest BCUT2D eigenvalue weighted by atomic mass is 9.91. The molecule has 0 saturated heterocycles. The number of halogens is 1. The summed E-state index contributed by atoms with van der Waals surface area (Å²) in [6, 6.07) is 4.42. The maximum atomic E-state index is 6.08. The van der Waals surface area contributed by atoms with Crippen LogP contribution >= 0.6 is 12.4 Å². The Balaban J connectivity index is 0.00000112. The van der Waals surface area contributed by atoms with Crippen LogP contribution < -0.4 is 5.73 Å². The molecule has 2 nitrogen and oxygen atoms in total. The quantitative estimate of drug-likeness (QED) is 0.740. The van der Waals surface area contributed by atoms with Gasteiger partial charge < -0.3 is 10.5 Å². The molecule has 84 valence electrons. The molecule has 0 aromatic heterocycles. The smallest absolute Gasteiger partial charge is 0.0744 e. The molecule has 2 rings (SSSR count). The lowest BCUT2D eigenvalue weighted by Gasteiger charge is -2.29. The zero-order chi connectivity index (χ0) is 10.3. The van der Waals surface area contributed by atoms with Crippen molar-refractivity contribution in [1.82, 2.24) is 0 Å². The fourth-order valence-corrected chi connectivity index (χ4v) is 1.91. The molecular formula is C12H18ClNO. The summed E-state index contributed by atoms with van der Waals surface area (Å²) in [5.74, 6) is 0. The predicted molar refractivity (Wildman–Crippen MR) is 64.3 cm³/mol. The van der Waals surface area contributed by atoms with E-state index < -0.39 is 0 Å². The fraction of sp³-hybridized carbons (Fsp3) is 0.500. The second-order valence-corrected chi connectivity index (χ2v) is 4.18. The fourth-order valence-electron chi connectivity index (χ4n) is 1.91. The van der Waals surface area contributed by atoms with E-state index >= 15 is 0 Å². The Morgan fingerprint density at radius 3 is 2.53 bits per heavy atom. The van der Waals surface area contributed by atoms with Crippen molar-refractivity contribution >= 4 is 12.4 Å². The van der Waals surface area contributed by atoms with Crippen molar-refractivity contribution in [2.45, 2.75) is 39.5 Å². The predicted octanol–water partition coefficient (Wildman–Crippen LogP) is 2.64. The summed E-state index contributed by atoms with van der Waals surface area (Å²) in [6.07, 6.45) is 0.129. The molecule has 1 heterocycles. The Morgan fingerprint density at radius 2 is 1.87 bits per heavy atom. The highest BCUT2D eigenvalue weighted by molar-refractivity contribution is 5.85. The third-order valence-electron chi connectivity index (χ3n) is 3.12. The van der Waals surface area contributed by atoms with E-state index in [1.807, 2.05) is 6.92 Å². The van der Waals surface area contributed by atoms with Gasteiger partial charge in [0.05, 0.1) is 18.8 Å². The van der Waals surface area contributed by atoms with Crippen molar-refractivity contribution in [2.24, 2.45) is 5.73 Å². The average molecular weight is 228 g/mol. The monoisotopic (exact) mass is 227 g/mol. The molecule has 1 aromatic carbocycles. The number of ether oxygens (including phenoxy) is 1. The minimum atomic E-state index is 0. The van der Waals surface area contributed by atoms with Gasteiger partial charge in [0.2, 0.25) is 0 Å². The van der Waals surface area contributed by atoms with Gasteiger partial charge in [0, 0.05) is 0 Å². The van der Waals surface area contributed by atoms with E-state index in [2.05, 4.69) is 26.0 Å². The van der Waals surface area contributed by atoms with Crippen LogP contribution in [0.4, 0.5) is 0 Å². The van der Waals surface area contributed by atoms with E-state index in [1.165, 1.54) is 22.3 Å². The van der Waals surface area contributed by atoms with Crippen LogP contribution in [-0.4, -0.2) is 6.10 Å². The standard InChI is InChI=1S/C12H17NO.ClH/c1-7-4-10-6-14-9(3)12(13)11(10)5-8(7)2;/h4-5,9,12H,6,13H2,1-3H3;1H/t9-,12-;/m1./s1. The highest BCUT2D eigenvalue weighted by Crippen LogP contribution is 2.29. The van der Waals surface area contributed by atoms with Gasteiger partial charge in [-0.15, -0.1) is 12.4 Å². The highest BCUT2D eigenvalue weighted by atomic mass is 35.5. The van der Waals surface area contributed by atoms with Crippen LogP contribution in [0.3, 0.4) is 0 Å². The van der Waals surface area contributed by atoms with Crippen molar-refractivity contribution in [3.05, 3.63) is 34.4 Å². The van der Waals surface area contributed by atoms with Crippen molar-refractivity contribution in [3.8, 4) is 0 Å². The van der Waals surface area contributed by atoms with Gasteiger partial charge in [0.15, 0.2) is 0 Å². The third kappa shape index (κ3) is 2.17. The molecule has 1 aliphatic heterocycles. The number of hydrogen-bond donors (Lipinski definition) is 1. The van der Waals surface area contributed by atoms with E-state index in [0.717, 1.165) is 0 Å². The van der Waals surface area contributed by atoms with E-state index in [4.69, 9.17) is 10.5 Å². The number of nitrogens with two attached hydrogens (primary N) is 1. The van der Waals surface area contributed by atoms with Gasteiger partial charge in [-0.25, -0.2) is 0 Å². The van der Waals surface area contributed by atoms with Gasteiger partial charge in [-0.05, 0) is 43.0 Å². The lowest BCUT2D eigenvalue weighted by Crippen LogP contribution is -2.31. The molecule has 1 aliphatic rings. The van der Waals surface area contributed by atoms with Crippen LogP contribution in [0.25, 0.3) is 0 Å². The summed E-state index contributed by atoms with van der Waals surface area (Å²) >= 11 is 0. The van der Waals surface area contributed by atoms with E-state index in [0.29, 0.717) is 6.61 Å². The molecule has 0 fully saturated rings. The van der Waals surface area contributed by atoms with Gasteiger partial charge in [0.25, 0.3) is 0 Å². The summed E-state index contributed by atoms with van der Waals surface area (Å²) < 4.78 is 5.59. The van der Waals surface area contributed by atoms with E-state index in [1.54, 1.807) is 0 Å². The van der Waals surface area contributed by atoms with Gasteiger partial charge in [-0.2, -0.15) is 0 Å². The lowest BCUT2D eigenvalue weighted by molar-refractivity contribution is 0.0213. The van der Waals surface area contributed by atoms with Crippen molar-refractivity contribution in [2.75, 3.05) is 0 Å². The van der Waals surface area contributed by atoms with Gasteiger partial charge in [-0.1, -0.05) is 12.1 Å². The highest BCUT2D eigenvalue weighted by Gasteiger charge is 2.24. The van der Waals surface area contributed by atoms with Crippen LogP contribution in [0.2, 0.25) is 0 Å². The molecule has 0 amide bonds. The van der Waals surface area contributed by atoms with Crippen LogP contribution in [0.15, 0.2) is 12.1 Å². The molecule has 0 spiro atoms. The topological polar surface area (TPSA) is 35.2 Å². The molecule has 2 atom stereocenters. The zero-order valence-corrected chi connectivity index (χ0v) is 10.2. The first kappa shape index (κ1) is 12.5. The van der Waals surface area contributed by atoms with Crippen LogP contribution in [0.5, 0.6) is 0 Å². The van der Waals surface area contributed by atoms with Crippen molar-refractivity contribution < 1.29 is 4.74 Å². The summed E-state index contributed by atoms with van der Waals surface area (Å²) in [5.41, 5.74) is 11.2. The SMILES string of the molecule is Cc1cc2c(cc1C)[C@H](N)[C@@H](C)OC2.Cl. The Bertz CT molecular complexity index is 365. The summed E-state index contributed by atoms with van der Waals surface area (Å²) in [7, 11) is 0. The normalized spacial score (nSPS) is 24.3. The second kappa shape index (κ2) is 4.52. The number of hydrogen-bond acceptors (Lipinski definition) is 2. The van der Waals surface area contributed by atoms with Crippen LogP contribution in [0.1, 0.15) is 35.2 Å². The average Bonchev–Trinajstić information content (AvgIpc) is 2.15. The molecule has 15 heavy (non-hydrogen) atoms. The third-order valence-corrected chi connectivity index (χ3v) is 3.12. The number of benzene rings is 1. The molecule has 2 N–H and O–H groups in total. The largest absolute Gasteiger partial charge is 0.372 e. The van der Waals surface area contributed by atoms with Crippen LogP contribution in [0, 0.1) is 13.8 Å². The number of aryl methyl sites for hydroxylation is 2. The molecule has 0 radical (unpaired) electrons. The molecule has 3 heteroatoms. The first-order valence-electron chi connectivity index (χ1n) is 5.07. The van der Waals surface area contributed by atoms with E-state index in [9.17, 15) is 0 Å². The summed E-state index contributed by atoms with van der Waals surface area (Å²) in [4.78, 5) is 0. The summed E-state index contributed by atoms with van der Waals surface area (Å²) in [6.45, 7) is 6.98. The first-order valence-corrected chi connectivity index (χ1v) is 5.07. The molecule has 0 aliphatic carbocycles. The van der Waals surface area contributed by atoms with E-state index in [-0.39, 0.29) is 24.6 Å². The Hall–Kier alpha value is -0.570. The minimum Gasteiger partial charge on any atom is -0.372 e. The van der Waals surface area contributed by atoms with Gasteiger partial charge in [-0.3, -0.25) is 0 Å². The zero-order valence-electron chi connectivity index (χ0n) is 9.41. The first-order chi connectivity index (χ1) is 6.59. The molecule has 0 saturated carbocycles. The number of rotatable bonds is 0. The minimum absolute atomic E-state index is 0. The Labute approximate surface area is 97.2 Å². The summed E-state index contributed by atoms with van der Waals surface area (Å²) in [5, 5.41) is 0. The van der Waals surface area contributed by atoms with Crippen molar-refractivity contribution in [3.63, 3.8) is 0 Å². The number of fused-ring (bicyclic) bond motifs is 1. The van der Waals surface area contributed by atoms with Gasteiger partial charge >= 0.3 is 0 Å².